The number of ether oxygens (including phenoxy) is 3. The molecule has 0 spiro atoms. The standard InChI is InChI=1S/C34H35N5O13S.Na/c1-5-37-13-14-38(29(45)28(37)44)33(49)36-23(19-9-7-6-8-10-19)26(42)35-24-27(43)39-25(31(46)47)34(4,53-30(24)39)16-50-32(48)20-11-12-21(51-17(2)40)22(15-20)52-18(3)41;/h6-12,15,23-25,30H,5,13-14,16H2,1-4H3,(H,35,42)(H,36,49)(H,46,47);/q;+1/p-1/t23-,24-,25?,30+,34+;/m1./s1. The molecule has 3 saturated heterocycles. The minimum atomic E-state index is -1.64. The quantitative estimate of drug-likeness (QED) is 0.0731. The molecule has 3 heterocycles. The van der Waals surface area contributed by atoms with Crippen LogP contribution in [-0.4, -0.2) is 117 Å². The van der Waals surface area contributed by atoms with Crippen molar-refractivity contribution in [3.8, 4) is 11.5 Å². The fraction of sp³-hybridized carbons (Fsp3) is 0.382. The number of rotatable bonds is 11. The third kappa shape index (κ3) is 8.53. The number of carboxylic acid groups (broad SMARTS) is 1. The number of benzene rings is 2. The number of nitrogens with one attached hydrogen (secondary N) is 2. The van der Waals surface area contributed by atoms with E-state index in [0.29, 0.717) is 4.90 Å². The van der Waals surface area contributed by atoms with Gasteiger partial charge in [0.25, 0.3) is 0 Å². The molecule has 0 saturated carbocycles. The van der Waals surface area contributed by atoms with E-state index in [1.54, 1.807) is 25.1 Å². The summed E-state index contributed by atoms with van der Waals surface area (Å²) in [4.78, 5) is 117. The smallest absolute Gasteiger partial charge is 0.548 e. The van der Waals surface area contributed by atoms with Crippen molar-refractivity contribution < 1.29 is 92.0 Å². The van der Waals surface area contributed by atoms with E-state index in [1.807, 2.05) is 0 Å². The third-order valence-electron chi connectivity index (χ3n) is 8.62. The minimum absolute atomic E-state index is 0. The summed E-state index contributed by atoms with van der Waals surface area (Å²) in [5.74, 6) is -8.02. The second kappa shape index (κ2) is 17.0. The van der Waals surface area contributed by atoms with Gasteiger partial charge in [-0.1, -0.05) is 30.3 Å². The van der Waals surface area contributed by atoms with Crippen molar-refractivity contribution in [1.29, 1.82) is 0 Å². The number of β-lactam (4-membered cyclic amide) rings is 1. The Morgan fingerprint density at radius 3 is 2.20 bits per heavy atom. The maximum absolute atomic E-state index is 13.7. The molecule has 0 bridgehead atoms. The topological polar surface area (TPSA) is 238 Å². The summed E-state index contributed by atoms with van der Waals surface area (Å²) in [7, 11) is 0. The van der Waals surface area contributed by atoms with Crippen LogP contribution in [0.1, 0.15) is 49.7 Å². The van der Waals surface area contributed by atoms with Gasteiger partial charge in [0.1, 0.15) is 24.1 Å². The maximum atomic E-state index is 13.7. The Morgan fingerprint density at radius 1 is 0.944 bits per heavy atom. The van der Waals surface area contributed by atoms with Gasteiger partial charge in [-0.25, -0.2) is 9.59 Å². The number of carbonyl (C=O) groups is 9. The normalized spacial score (nSPS) is 22.2. The summed E-state index contributed by atoms with van der Waals surface area (Å²) < 4.78 is 14.0. The molecule has 280 valence electrons. The van der Waals surface area contributed by atoms with Gasteiger partial charge in [0.15, 0.2) is 11.5 Å². The minimum Gasteiger partial charge on any atom is -0.548 e. The molecule has 3 aliphatic heterocycles. The number of piperazine rings is 1. The van der Waals surface area contributed by atoms with Crippen LogP contribution in [0.5, 0.6) is 11.5 Å². The molecule has 18 nitrogen and oxygen atoms in total. The van der Waals surface area contributed by atoms with Crippen LogP contribution in [0.3, 0.4) is 0 Å². The van der Waals surface area contributed by atoms with Crippen LogP contribution in [-0.2, 0) is 38.3 Å². The van der Waals surface area contributed by atoms with E-state index in [4.69, 9.17) is 14.2 Å². The maximum Gasteiger partial charge on any atom is 1.00 e. The largest absolute Gasteiger partial charge is 1.00 e. The van der Waals surface area contributed by atoms with E-state index in [2.05, 4.69) is 10.6 Å². The molecule has 6 amide bonds. The van der Waals surface area contributed by atoms with Crippen LogP contribution in [0.4, 0.5) is 4.79 Å². The number of esters is 3. The van der Waals surface area contributed by atoms with Crippen molar-refractivity contribution >= 4 is 65.3 Å². The fourth-order valence-electron chi connectivity index (χ4n) is 6.08. The molecule has 0 aromatic heterocycles. The molecule has 3 fully saturated rings. The summed E-state index contributed by atoms with van der Waals surface area (Å²) in [5.41, 5.74) is 0.152. The number of fused-ring (bicyclic) bond motifs is 1. The van der Waals surface area contributed by atoms with Crippen LogP contribution < -0.4 is 54.8 Å². The van der Waals surface area contributed by atoms with Crippen LogP contribution in [0.15, 0.2) is 48.5 Å². The van der Waals surface area contributed by atoms with E-state index in [-0.39, 0.29) is 71.8 Å². The molecule has 54 heavy (non-hydrogen) atoms. The van der Waals surface area contributed by atoms with Crippen molar-refractivity contribution in [3.63, 3.8) is 0 Å². The van der Waals surface area contributed by atoms with Gasteiger partial charge in [-0.05, 0) is 37.6 Å². The molecule has 5 atom stereocenters. The van der Waals surface area contributed by atoms with Gasteiger partial charge in [0.2, 0.25) is 11.8 Å². The first-order valence-corrected chi connectivity index (χ1v) is 17.1. The zero-order valence-corrected chi connectivity index (χ0v) is 32.6. The van der Waals surface area contributed by atoms with Gasteiger partial charge in [-0.3, -0.25) is 33.7 Å². The predicted molar refractivity (Wildman–Crippen MR) is 178 cm³/mol. The van der Waals surface area contributed by atoms with Crippen LogP contribution in [0.2, 0.25) is 0 Å². The molecule has 0 aliphatic carbocycles. The zero-order valence-electron chi connectivity index (χ0n) is 29.8. The summed E-state index contributed by atoms with van der Waals surface area (Å²) in [6.45, 7) is 5.06. The van der Waals surface area contributed by atoms with Crippen LogP contribution in [0, 0.1) is 0 Å². The second-order valence-corrected chi connectivity index (χ2v) is 14.0. The van der Waals surface area contributed by atoms with Crippen molar-refractivity contribution in [3.05, 3.63) is 59.7 Å². The van der Waals surface area contributed by atoms with Gasteiger partial charge in [0, 0.05) is 33.5 Å². The SMILES string of the molecule is CCN1CCN(C(=O)N[C@@H](C(=O)N[C@@H]2C(=O)N3C(C(=O)[O-])[C@](C)(COC(=O)c4ccc(OC(C)=O)c(OC(C)=O)c4)S[C@@H]23)c2ccccc2)C(=O)C1=O.[Na+]. The zero-order chi connectivity index (χ0) is 38.8. The van der Waals surface area contributed by atoms with Gasteiger partial charge in [-0.2, -0.15) is 0 Å². The van der Waals surface area contributed by atoms with E-state index >= 15 is 0 Å². The van der Waals surface area contributed by atoms with E-state index in [1.165, 1.54) is 36.1 Å². The van der Waals surface area contributed by atoms with Gasteiger partial charge >= 0.3 is 65.3 Å². The Kier molecular flexibility index (Phi) is 13.2. The van der Waals surface area contributed by atoms with E-state index in [9.17, 15) is 48.3 Å². The Bertz CT molecular complexity index is 1900. The molecule has 20 heteroatoms. The third-order valence-corrected chi connectivity index (χ3v) is 10.2. The van der Waals surface area contributed by atoms with Crippen molar-refractivity contribution in [2.45, 2.75) is 55.9 Å². The molecule has 1 unspecified atom stereocenters. The number of carbonyl (C=O) groups excluding carboxylic acids is 9. The molecule has 2 aromatic rings. The Morgan fingerprint density at radius 2 is 1.59 bits per heavy atom. The average Bonchev–Trinajstić information content (AvgIpc) is 3.39. The Hall–Kier alpha value is -4.98. The number of hydrogen-bond acceptors (Lipinski definition) is 14. The average molecular weight is 776 g/mol. The number of aliphatic carboxylic acids is 1. The number of imide groups is 1. The number of likely N-dealkylation sites (N-methyl/N-ethyl adjacent to an activating group) is 1. The van der Waals surface area contributed by atoms with E-state index < -0.39 is 88.4 Å². The summed E-state index contributed by atoms with van der Waals surface area (Å²) in [6, 6.07) is 6.16. The summed E-state index contributed by atoms with van der Waals surface area (Å²) >= 11 is 0.941. The first kappa shape index (κ1) is 41.8. The van der Waals surface area contributed by atoms with Crippen molar-refractivity contribution in [2.24, 2.45) is 0 Å². The molecular formula is C34H34N5NaO13S. The number of nitrogens with zero attached hydrogens (tertiary/aromatic N) is 3. The predicted octanol–water partition coefficient (Wildman–Crippen LogP) is -3.88. The van der Waals surface area contributed by atoms with Gasteiger partial charge < -0.3 is 44.5 Å². The summed E-state index contributed by atoms with van der Waals surface area (Å²) in [6.07, 6.45) is 0. The number of hydrogen-bond donors (Lipinski definition) is 2. The molecular weight excluding hydrogens is 741 g/mol. The number of carboxylic acids is 1. The number of urea groups is 1. The number of amides is 6. The Balaban J connectivity index is 0.00000650. The monoisotopic (exact) mass is 775 g/mol. The molecule has 2 aromatic carbocycles. The first-order valence-electron chi connectivity index (χ1n) is 16.2. The number of thioether (sulfide) groups is 1. The van der Waals surface area contributed by atoms with Gasteiger partial charge in [0.05, 0.1) is 22.3 Å². The second-order valence-electron chi connectivity index (χ2n) is 12.3. The summed E-state index contributed by atoms with van der Waals surface area (Å²) in [5, 5.41) is 16.5. The van der Waals surface area contributed by atoms with Crippen molar-refractivity contribution in [1.82, 2.24) is 25.3 Å². The van der Waals surface area contributed by atoms with Crippen LogP contribution >= 0.6 is 11.8 Å². The molecule has 2 N–H and O–H groups in total. The first-order chi connectivity index (χ1) is 25.1. The van der Waals surface area contributed by atoms with Gasteiger partial charge in [-0.15, -0.1) is 11.8 Å². The fourth-order valence-corrected chi connectivity index (χ4v) is 7.76. The van der Waals surface area contributed by atoms with Crippen LogP contribution in [0.25, 0.3) is 0 Å². The van der Waals surface area contributed by atoms with E-state index in [0.717, 1.165) is 36.6 Å². The van der Waals surface area contributed by atoms with Crippen molar-refractivity contribution in [2.75, 3.05) is 26.2 Å². The molecule has 5 rings (SSSR count). The Labute approximate surface area is 334 Å². The molecule has 0 radical (unpaired) electrons. The molecule has 3 aliphatic rings.